The van der Waals surface area contributed by atoms with Crippen LogP contribution in [0.5, 0.6) is 17.2 Å². The summed E-state index contributed by atoms with van der Waals surface area (Å²) in [4.78, 5) is 29.5. The summed E-state index contributed by atoms with van der Waals surface area (Å²) in [7, 11) is 5.30. The van der Waals surface area contributed by atoms with Gasteiger partial charge in [0, 0.05) is 18.7 Å². The lowest BCUT2D eigenvalue weighted by atomic mass is 9.94. The molecule has 2 aromatic rings. The summed E-state index contributed by atoms with van der Waals surface area (Å²) < 4.78 is 10.8. The predicted octanol–water partition coefficient (Wildman–Crippen LogP) is 3.09. The van der Waals surface area contributed by atoms with Crippen LogP contribution in [0.2, 0.25) is 0 Å². The number of carbonyl (C=O) groups is 2. The standard InChI is InChI=1S/C25H30N2O6/c1-6-33-20-14-16(7-9-18(20)28)22-21(24(30)25(31)27(22)12-11-26(3)4)23(29)17-8-10-19(32-5)15(2)13-17/h7-10,13-14,22,28-29H,6,11-12H2,1-5H3/t22-/m1/s1. The number of ether oxygens (including phenoxy) is 2. The summed E-state index contributed by atoms with van der Waals surface area (Å²) in [5, 5.41) is 21.3. The molecule has 0 unspecified atom stereocenters. The minimum Gasteiger partial charge on any atom is -0.507 e. The molecule has 3 rings (SSSR count). The molecule has 1 saturated heterocycles. The first-order valence-electron chi connectivity index (χ1n) is 10.7. The number of likely N-dealkylation sites (tertiary alicyclic amines) is 1. The highest BCUT2D eigenvalue weighted by atomic mass is 16.5. The molecular weight excluding hydrogens is 424 g/mol. The van der Waals surface area contributed by atoms with Gasteiger partial charge in [-0.3, -0.25) is 9.59 Å². The fourth-order valence-corrected chi connectivity index (χ4v) is 3.92. The first-order valence-corrected chi connectivity index (χ1v) is 10.7. The van der Waals surface area contributed by atoms with Gasteiger partial charge in [0.1, 0.15) is 11.5 Å². The SMILES string of the molecule is CCOc1cc([C@@H]2C(=C(O)c3ccc(OC)c(C)c3)C(=O)C(=O)N2CCN(C)C)ccc1O. The monoisotopic (exact) mass is 454 g/mol. The van der Waals surface area contributed by atoms with E-state index in [2.05, 4.69) is 0 Å². The predicted molar refractivity (Wildman–Crippen MR) is 125 cm³/mol. The molecule has 1 aliphatic rings. The number of hydrogen-bond acceptors (Lipinski definition) is 7. The van der Waals surface area contributed by atoms with Gasteiger partial charge in [0.15, 0.2) is 11.5 Å². The quantitative estimate of drug-likeness (QED) is 0.359. The van der Waals surface area contributed by atoms with E-state index in [0.29, 0.717) is 30.0 Å². The Morgan fingerprint density at radius 2 is 1.85 bits per heavy atom. The number of rotatable bonds is 8. The summed E-state index contributed by atoms with van der Waals surface area (Å²) >= 11 is 0. The zero-order chi connectivity index (χ0) is 24.3. The van der Waals surface area contributed by atoms with Crippen LogP contribution < -0.4 is 9.47 Å². The number of aliphatic hydroxyl groups excluding tert-OH is 1. The van der Waals surface area contributed by atoms with E-state index in [4.69, 9.17) is 9.47 Å². The summed E-state index contributed by atoms with van der Waals surface area (Å²) in [6.07, 6.45) is 0. The molecule has 0 bridgehead atoms. The molecule has 0 radical (unpaired) electrons. The van der Waals surface area contributed by atoms with Gasteiger partial charge in [-0.2, -0.15) is 0 Å². The van der Waals surface area contributed by atoms with E-state index in [1.165, 1.54) is 11.0 Å². The number of amides is 1. The second-order valence-electron chi connectivity index (χ2n) is 8.14. The Morgan fingerprint density at radius 3 is 2.45 bits per heavy atom. The van der Waals surface area contributed by atoms with Gasteiger partial charge in [-0.15, -0.1) is 0 Å². The Bertz CT molecular complexity index is 1090. The average molecular weight is 455 g/mol. The summed E-state index contributed by atoms with van der Waals surface area (Å²) in [5.74, 6) is -0.850. The zero-order valence-corrected chi connectivity index (χ0v) is 19.6. The molecule has 1 aliphatic heterocycles. The van der Waals surface area contributed by atoms with Crippen molar-refractivity contribution in [2.75, 3.05) is 40.9 Å². The summed E-state index contributed by atoms with van der Waals surface area (Å²) in [6, 6.07) is 8.93. The van der Waals surface area contributed by atoms with E-state index < -0.39 is 17.7 Å². The zero-order valence-electron chi connectivity index (χ0n) is 19.6. The third-order valence-corrected chi connectivity index (χ3v) is 5.60. The smallest absolute Gasteiger partial charge is 0.295 e. The number of phenolic OH excluding ortho intramolecular Hbond substituents is 1. The van der Waals surface area contributed by atoms with Crippen LogP contribution in [0.1, 0.15) is 29.7 Å². The Morgan fingerprint density at radius 1 is 1.12 bits per heavy atom. The van der Waals surface area contributed by atoms with Crippen molar-refractivity contribution >= 4 is 17.4 Å². The fraction of sp³-hybridized carbons (Fsp3) is 0.360. The molecule has 8 heteroatoms. The fourth-order valence-electron chi connectivity index (χ4n) is 3.92. The van der Waals surface area contributed by atoms with E-state index in [9.17, 15) is 19.8 Å². The maximum atomic E-state index is 13.1. The van der Waals surface area contributed by atoms with Gasteiger partial charge >= 0.3 is 0 Å². The van der Waals surface area contributed by atoms with Gasteiger partial charge in [0.2, 0.25) is 0 Å². The molecule has 1 heterocycles. The van der Waals surface area contributed by atoms with E-state index >= 15 is 0 Å². The van der Waals surface area contributed by atoms with Gasteiger partial charge in [-0.05, 0) is 69.4 Å². The molecule has 2 aromatic carbocycles. The number of aryl methyl sites for hydroxylation is 1. The normalized spacial score (nSPS) is 17.6. The number of Topliss-reactive ketones (excluding diaryl/α,β-unsaturated/α-hetero) is 1. The maximum Gasteiger partial charge on any atom is 0.295 e. The lowest BCUT2D eigenvalue weighted by Gasteiger charge is -2.27. The van der Waals surface area contributed by atoms with E-state index in [-0.39, 0.29) is 29.4 Å². The molecule has 8 nitrogen and oxygen atoms in total. The number of methoxy groups -OCH3 is 1. The minimum absolute atomic E-state index is 0.00328. The third kappa shape index (κ3) is 4.80. The Kier molecular flexibility index (Phi) is 7.28. The lowest BCUT2D eigenvalue weighted by Crippen LogP contribution is -2.35. The number of carbonyl (C=O) groups excluding carboxylic acids is 2. The molecule has 0 spiro atoms. The number of phenols is 1. The number of nitrogens with zero attached hydrogens (tertiary/aromatic N) is 2. The second-order valence-corrected chi connectivity index (χ2v) is 8.14. The summed E-state index contributed by atoms with van der Waals surface area (Å²) in [6.45, 7) is 4.77. The molecule has 0 saturated carbocycles. The van der Waals surface area contributed by atoms with Gasteiger partial charge in [-0.1, -0.05) is 6.07 Å². The Balaban J connectivity index is 2.18. The Labute approximate surface area is 193 Å². The van der Waals surface area contributed by atoms with E-state index in [1.54, 1.807) is 44.4 Å². The highest BCUT2D eigenvalue weighted by molar-refractivity contribution is 6.46. The highest BCUT2D eigenvalue weighted by Crippen LogP contribution is 2.42. The average Bonchev–Trinajstić information content (AvgIpc) is 3.03. The van der Waals surface area contributed by atoms with Crippen LogP contribution in [0.4, 0.5) is 0 Å². The largest absolute Gasteiger partial charge is 0.507 e. The number of aromatic hydroxyl groups is 1. The van der Waals surface area contributed by atoms with Crippen molar-refractivity contribution in [3.8, 4) is 17.2 Å². The number of ketones is 1. The molecule has 0 aromatic heterocycles. The number of aliphatic hydroxyl groups is 1. The molecule has 2 N–H and O–H groups in total. The van der Waals surface area contributed by atoms with Gasteiger partial charge < -0.3 is 29.5 Å². The van der Waals surface area contributed by atoms with Gasteiger partial charge in [0.05, 0.1) is 25.3 Å². The van der Waals surface area contributed by atoms with Crippen LogP contribution in [0.15, 0.2) is 42.0 Å². The number of hydrogen-bond donors (Lipinski definition) is 2. The van der Waals surface area contributed by atoms with Crippen LogP contribution in [0, 0.1) is 6.92 Å². The number of likely N-dealkylation sites (N-methyl/N-ethyl adjacent to an activating group) is 1. The van der Waals surface area contributed by atoms with Crippen LogP contribution in [0.25, 0.3) is 5.76 Å². The van der Waals surface area contributed by atoms with Crippen molar-refractivity contribution in [3.63, 3.8) is 0 Å². The molecule has 1 atom stereocenters. The van der Waals surface area contributed by atoms with Crippen molar-refractivity contribution in [2.24, 2.45) is 0 Å². The van der Waals surface area contributed by atoms with E-state index in [1.807, 2.05) is 25.9 Å². The van der Waals surface area contributed by atoms with Crippen LogP contribution in [-0.2, 0) is 9.59 Å². The molecule has 176 valence electrons. The highest BCUT2D eigenvalue weighted by Gasteiger charge is 2.46. The van der Waals surface area contributed by atoms with Crippen LogP contribution in [0.3, 0.4) is 0 Å². The molecule has 1 amide bonds. The van der Waals surface area contributed by atoms with Crippen molar-refractivity contribution in [1.29, 1.82) is 0 Å². The molecule has 33 heavy (non-hydrogen) atoms. The third-order valence-electron chi connectivity index (χ3n) is 5.60. The van der Waals surface area contributed by atoms with E-state index in [0.717, 1.165) is 5.56 Å². The van der Waals surface area contributed by atoms with Crippen molar-refractivity contribution < 1.29 is 29.3 Å². The topological polar surface area (TPSA) is 99.5 Å². The number of benzene rings is 2. The van der Waals surface area contributed by atoms with Crippen molar-refractivity contribution in [1.82, 2.24) is 9.80 Å². The van der Waals surface area contributed by atoms with Crippen molar-refractivity contribution in [3.05, 3.63) is 58.7 Å². The first kappa shape index (κ1) is 24.1. The second kappa shape index (κ2) is 9.95. The van der Waals surface area contributed by atoms with Crippen LogP contribution in [-0.4, -0.2) is 72.6 Å². The van der Waals surface area contributed by atoms with Gasteiger partial charge in [-0.25, -0.2) is 0 Å². The van der Waals surface area contributed by atoms with Crippen molar-refractivity contribution in [2.45, 2.75) is 19.9 Å². The first-order chi connectivity index (χ1) is 15.7. The minimum atomic E-state index is -0.827. The maximum absolute atomic E-state index is 13.1. The molecule has 0 aliphatic carbocycles. The Hall–Kier alpha value is -3.52. The molecule has 1 fully saturated rings. The summed E-state index contributed by atoms with van der Waals surface area (Å²) in [5.41, 5.74) is 1.74. The lowest BCUT2D eigenvalue weighted by molar-refractivity contribution is -0.140. The van der Waals surface area contributed by atoms with Crippen LogP contribution >= 0.6 is 0 Å². The molecular formula is C25H30N2O6. The van der Waals surface area contributed by atoms with Gasteiger partial charge in [0.25, 0.3) is 11.7 Å².